The lowest BCUT2D eigenvalue weighted by atomic mass is 9.98. The van der Waals surface area contributed by atoms with E-state index in [9.17, 15) is 0 Å². The van der Waals surface area contributed by atoms with Gasteiger partial charge in [-0.3, -0.25) is 9.58 Å². The second-order valence-corrected chi connectivity index (χ2v) is 9.12. The maximum Gasteiger partial charge on any atom is 0.225 e. The summed E-state index contributed by atoms with van der Waals surface area (Å²) in [4.78, 5) is 14.9. The summed E-state index contributed by atoms with van der Waals surface area (Å²) in [6.45, 7) is 10.9. The molecule has 0 saturated carbocycles. The van der Waals surface area contributed by atoms with E-state index < -0.39 is 0 Å². The number of nitrogens with zero attached hydrogens (tertiary/aromatic N) is 6. The van der Waals surface area contributed by atoms with Crippen molar-refractivity contribution in [1.29, 1.82) is 0 Å². The fourth-order valence-corrected chi connectivity index (χ4v) is 5.55. The van der Waals surface area contributed by atoms with Gasteiger partial charge in [-0.25, -0.2) is 9.97 Å². The Morgan fingerprint density at radius 3 is 2.76 bits per heavy atom. The van der Waals surface area contributed by atoms with Gasteiger partial charge >= 0.3 is 0 Å². The van der Waals surface area contributed by atoms with Crippen LogP contribution in [0.25, 0.3) is 0 Å². The van der Waals surface area contributed by atoms with Crippen LogP contribution in [0, 0.1) is 13.8 Å². The van der Waals surface area contributed by atoms with Crippen molar-refractivity contribution in [3.63, 3.8) is 0 Å². The molecule has 3 aliphatic rings. The van der Waals surface area contributed by atoms with Crippen LogP contribution in [0.2, 0.25) is 0 Å². The largest absolute Gasteiger partial charge is 0.341 e. The zero-order chi connectivity index (χ0) is 20.0. The third-order valence-electron chi connectivity index (χ3n) is 7.30. The third-order valence-corrected chi connectivity index (χ3v) is 7.30. The summed E-state index contributed by atoms with van der Waals surface area (Å²) in [6, 6.07) is 1.07. The Bertz CT molecular complexity index is 882. The van der Waals surface area contributed by atoms with Crippen LogP contribution < -0.4 is 4.90 Å². The van der Waals surface area contributed by atoms with Crippen molar-refractivity contribution >= 4 is 5.95 Å². The van der Waals surface area contributed by atoms with E-state index >= 15 is 0 Å². The molecule has 5 rings (SSSR count). The van der Waals surface area contributed by atoms with Gasteiger partial charge in [0.2, 0.25) is 5.95 Å². The molecule has 3 aliphatic heterocycles. The zero-order valence-electron chi connectivity index (χ0n) is 18.2. The van der Waals surface area contributed by atoms with Gasteiger partial charge < -0.3 is 4.90 Å². The van der Waals surface area contributed by atoms with Crippen molar-refractivity contribution in [3.05, 3.63) is 34.4 Å². The second-order valence-electron chi connectivity index (χ2n) is 9.12. The minimum absolute atomic E-state index is 0.467. The van der Waals surface area contributed by atoms with E-state index in [0.29, 0.717) is 12.1 Å². The van der Waals surface area contributed by atoms with Crippen LogP contribution >= 0.6 is 0 Å². The van der Waals surface area contributed by atoms with E-state index in [1.165, 1.54) is 66.7 Å². The van der Waals surface area contributed by atoms with Crippen LogP contribution in [0.1, 0.15) is 79.7 Å². The minimum Gasteiger partial charge on any atom is -0.341 e. The molecule has 0 radical (unpaired) electrons. The summed E-state index contributed by atoms with van der Waals surface area (Å²) < 4.78 is 2.22. The fraction of sp³-hybridized carbons (Fsp3) is 0.696. The summed E-state index contributed by atoms with van der Waals surface area (Å²) in [5.74, 6) is 0.956. The highest BCUT2D eigenvalue weighted by atomic mass is 15.3. The highest BCUT2D eigenvalue weighted by Gasteiger charge is 2.41. The van der Waals surface area contributed by atoms with E-state index in [1.807, 2.05) is 0 Å². The topological polar surface area (TPSA) is 50.1 Å². The molecule has 2 saturated heterocycles. The predicted molar refractivity (Wildman–Crippen MR) is 115 cm³/mol. The highest BCUT2D eigenvalue weighted by Crippen LogP contribution is 2.44. The lowest BCUT2D eigenvalue weighted by molar-refractivity contribution is 0.165. The summed E-state index contributed by atoms with van der Waals surface area (Å²) in [5, 5.41) is 4.84. The number of rotatable bonds is 6. The second kappa shape index (κ2) is 7.71. The van der Waals surface area contributed by atoms with Gasteiger partial charge in [0.1, 0.15) is 0 Å². The van der Waals surface area contributed by atoms with Crippen LogP contribution in [0.3, 0.4) is 0 Å². The van der Waals surface area contributed by atoms with E-state index in [2.05, 4.69) is 41.4 Å². The number of anilines is 1. The average molecular weight is 395 g/mol. The van der Waals surface area contributed by atoms with Gasteiger partial charge in [0.15, 0.2) is 0 Å². The maximum atomic E-state index is 5.02. The van der Waals surface area contributed by atoms with Crippen LogP contribution in [0.15, 0.2) is 6.20 Å². The fourth-order valence-electron chi connectivity index (χ4n) is 5.55. The van der Waals surface area contributed by atoms with E-state index in [-0.39, 0.29) is 0 Å². The molecule has 0 aliphatic carbocycles. The molecule has 156 valence electrons. The average Bonchev–Trinajstić information content (AvgIpc) is 3.41. The lowest BCUT2D eigenvalue weighted by Crippen LogP contribution is -2.38. The molecule has 0 unspecified atom stereocenters. The zero-order valence-corrected chi connectivity index (χ0v) is 18.2. The Labute approximate surface area is 174 Å². The Morgan fingerprint density at radius 2 is 1.97 bits per heavy atom. The predicted octanol–water partition coefficient (Wildman–Crippen LogP) is 3.95. The molecule has 2 fully saturated rings. The molecule has 2 atom stereocenters. The first kappa shape index (κ1) is 19.0. The Morgan fingerprint density at radius 1 is 1.14 bits per heavy atom. The molecule has 0 N–H and O–H groups in total. The summed E-state index contributed by atoms with van der Waals surface area (Å²) >= 11 is 0. The van der Waals surface area contributed by atoms with Gasteiger partial charge in [-0.15, -0.1) is 0 Å². The molecule has 2 bridgehead atoms. The van der Waals surface area contributed by atoms with E-state index in [0.717, 1.165) is 38.5 Å². The Balaban J connectivity index is 1.38. The number of fused-ring (bicyclic) bond motifs is 4. The number of unbranched alkanes of at least 4 members (excludes halogenated alkanes) is 1. The van der Waals surface area contributed by atoms with Gasteiger partial charge in [0.25, 0.3) is 0 Å². The summed E-state index contributed by atoms with van der Waals surface area (Å²) in [6.07, 6.45) is 10.6. The van der Waals surface area contributed by atoms with Gasteiger partial charge in [0, 0.05) is 67.7 Å². The van der Waals surface area contributed by atoms with Crippen molar-refractivity contribution in [1.82, 2.24) is 24.6 Å². The first-order valence-electron chi connectivity index (χ1n) is 11.5. The Hall–Kier alpha value is -1.95. The number of hydrogen-bond acceptors (Lipinski definition) is 5. The summed E-state index contributed by atoms with van der Waals surface area (Å²) in [5.41, 5.74) is 6.65. The molecule has 6 heteroatoms. The molecule has 6 nitrogen and oxygen atoms in total. The van der Waals surface area contributed by atoms with Crippen LogP contribution in [0.4, 0.5) is 5.95 Å². The minimum atomic E-state index is 0.467. The van der Waals surface area contributed by atoms with Crippen LogP contribution in [-0.2, 0) is 19.5 Å². The Kier molecular flexibility index (Phi) is 5.06. The first-order chi connectivity index (χ1) is 14.2. The number of aryl methyl sites for hydroxylation is 2. The lowest BCUT2D eigenvalue weighted by Gasteiger charge is -2.36. The molecule has 2 aromatic rings. The molecular weight excluding hydrogens is 360 g/mol. The molecular formula is C23H34N6. The molecule has 2 aromatic heterocycles. The van der Waals surface area contributed by atoms with Gasteiger partial charge in [-0.1, -0.05) is 13.3 Å². The number of aromatic nitrogens is 4. The molecule has 5 heterocycles. The smallest absolute Gasteiger partial charge is 0.225 e. The summed E-state index contributed by atoms with van der Waals surface area (Å²) in [7, 11) is 0. The van der Waals surface area contributed by atoms with E-state index in [1.54, 1.807) is 0 Å². The van der Waals surface area contributed by atoms with Crippen molar-refractivity contribution in [2.45, 2.75) is 90.9 Å². The molecule has 29 heavy (non-hydrogen) atoms. The maximum absolute atomic E-state index is 5.02. The highest BCUT2D eigenvalue weighted by molar-refractivity contribution is 5.38. The normalized spacial score (nSPS) is 23.8. The monoisotopic (exact) mass is 394 g/mol. The van der Waals surface area contributed by atoms with Crippen molar-refractivity contribution in [2.24, 2.45) is 0 Å². The molecule has 0 amide bonds. The standard InChI is InChI=1S/C23H34N6/c1-4-5-12-29-17(3)20(16(2)26-29)15-28-18-8-9-22(28)19-14-24-23(25-21(19)13-18)27-10-6-7-11-27/h14,18,22H,4-13,15H2,1-3H3/t18-,22+/m0/s1. The SMILES string of the molecule is CCCCn1nc(C)c(CN2[C@H]3CC[C@@H]2c2cnc(N4CCCC4)nc2C3)c1C. The van der Waals surface area contributed by atoms with Gasteiger partial charge in [0.05, 0.1) is 11.4 Å². The van der Waals surface area contributed by atoms with Gasteiger partial charge in [-0.05, 0) is 46.0 Å². The van der Waals surface area contributed by atoms with Crippen molar-refractivity contribution in [2.75, 3.05) is 18.0 Å². The van der Waals surface area contributed by atoms with Crippen molar-refractivity contribution in [3.8, 4) is 0 Å². The molecule has 0 aromatic carbocycles. The van der Waals surface area contributed by atoms with Crippen molar-refractivity contribution < 1.29 is 0 Å². The third kappa shape index (κ3) is 3.35. The van der Waals surface area contributed by atoms with Gasteiger partial charge in [-0.2, -0.15) is 5.10 Å². The van der Waals surface area contributed by atoms with Crippen LogP contribution in [-0.4, -0.2) is 43.8 Å². The quantitative estimate of drug-likeness (QED) is 0.742. The molecule has 0 spiro atoms. The first-order valence-corrected chi connectivity index (χ1v) is 11.5. The van der Waals surface area contributed by atoms with Crippen LogP contribution in [0.5, 0.6) is 0 Å². The van der Waals surface area contributed by atoms with E-state index in [4.69, 9.17) is 15.1 Å². The number of hydrogen-bond donors (Lipinski definition) is 0.